The summed E-state index contributed by atoms with van der Waals surface area (Å²) in [5, 5.41) is 1.93. The molecular weight excluding hydrogens is 419 g/mol. The summed E-state index contributed by atoms with van der Waals surface area (Å²) < 4.78 is 0. The highest BCUT2D eigenvalue weighted by molar-refractivity contribution is 6.39. The van der Waals surface area contributed by atoms with Gasteiger partial charge in [-0.1, -0.05) is 80.6 Å². The van der Waals surface area contributed by atoms with Crippen LogP contribution >= 0.6 is 23.2 Å². The van der Waals surface area contributed by atoms with Crippen LogP contribution in [0.3, 0.4) is 0 Å². The minimum Gasteiger partial charge on any atom is -0.267 e. The van der Waals surface area contributed by atoms with Crippen molar-refractivity contribution in [1.29, 1.82) is 0 Å². The Morgan fingerprint density at radius 3 is 2.03 bits per heavy atom. The van der Waals surface area contributed by atoms with Gasteiger partial charge >= 0.3 is 0 Å². The van der Waals surface area contributed by atoms with Crippen LogP contribution in [0.2, 0.25) is 10.0 Å². The lowest BCUT2D eigenvalue weighted by atomic mass is 9.83. The van der Waals surface area contributed by atoms with Crippen LogP contribution < -0.4 is 5.43 Å². The Hall–Kier alpha value is -2.04. The minimum atomic E-state index is -0.506. The summed E-state index contributed by atoms with van der Waals surface area (Å²) in [7, 11) is 0. The first kappa shape index (κ1) is 24.2. The molecule has 0 spiro atoms. The average molecular weight is 449 g/mol. The van der Waals surface area contributed by atoms with E-state index in [9.17, 15) is 9.59 Å². The molecule has 0 fully saturated rings. The van der Waals surface area contributed by atoms with Crippen molar-refractivity contribution in [2.75, 3.05) is 0 Å². The number of nitrogens with zero attached hydrogens (tertiary/aromatic N) is 1. The number of aryl methyl sites for hydroxylation is 2. The van der Waals surface area contributed by atoms with E-state index in [0.29, 0.717) is 5.56 Å². The number of rotatable bonds is 5. The quantitative estimate of drug-likeness (QED) is 0.522. The Labute approximate surface area is 189 Å². The molecule has 0 saturated carbocycles. The maximum Gasteiger partial charge on any atom is 0.272 e. The number of carbonyl (C=O) groups excluding carboxylic acids is 2. The summed E-state index contributed by atoms with van der Waals surface area (Å²) in [6.45, 7) is 12.1. The van der Waals surface area contributed by atoms with E-state index in [2.05, 4.69) is 33.1 Å². The van der Waals surface area contributed by atoms with Crippen LogP contribution in [-0.2, 0) is 0 Å². The molecule has 0 radical (unpaired) electrons. The fourth-order valence-electron chi connectivity index (χ4n) is 3.61. The molecule has 2 aromatic carbocycles. The SMILES string of the molecule is CCCC(N(NC(=O)c1c(Cl)cccc1Cl)C(=O)c1cc(C)cc(C)c1)C(C)(C)C. The summed E-state index contributed by atoms with van der Waals surface area (Å²) in [6.07, 6.45) is 1.60. The first-order valence-corrected chi connectivity index (χ1v) is 10.9. The lowest BCUT2D eigenvalue weighted by molar-refractivity contribution is 0.0271. The zero-order chi connectivity index (χ0) is 22.6. The number of halogens is 2. The fraction of sp³-hybridized carbons (Fsp3) is 0.417. The molecule has 0 aromatic heterocycles. The van der Waals surface area contributed by atoms with Crippen molar-refractivity contribution < 1.29 is 9.59 Å². The van der Waals surface area contributed by atoms with E-state index < -0.39 is 5.91 Å². The Morgan fingerprint density at radius 2 is 1.57 bits per heavy atom. The summed E-state index contributed by atoms with van der Waals surface area (Å²) >= 11 is 12.5. The molecule has 6 heteroatoms. The van der Waals surface area contributed by atoms with Gasteiger partial charge in [-0.25, -0.2) is 5.01 Å². The number of hydrogen-bond acceptors (Lipinski definition) is 2. The molecule has 0 heterocycles. The van der Waals surface area contributed by atoms with Crippen molar-refractivity contribution in [2.45, 2.75) is 60.4 Å². The van der Waals surface area contributed by atoms with Gasteiger partial charge in [-0.15, -0.1) is 0 Å². The van der Waals surface area contributed by atoms with Crippen molar-refractivity contribution in [1.82, 2.24) is 10.4 Å². The topological polar surface area (TPSA) is 49.4 Å². The maximum absolute atomic E-state index is 13.6. The monoisotopic (exact) mass is 448 g/mol. The summed E-state index contributed by atoms with van der Waals surface area (Å²) in [5.41, 5.74) is 5.22. The molecule has 0 aliphatic heterocycles. The summed E-state index contributed by atoms with van der Waals surface area (Å²) in [6, 6.07) is 10.3. The molecule has 2 amide bonds. The van der Waals surface area contributed by atoms with Crippen LogP contribution in [0.15, 0.2) is 36.4 Å². The van der Waals surface area contributed by atoms with E-state index in [1.807, 2.05) is 32.0 Å². The number of hydrogen-bond donors (Lipinski definition) is 1. The second-order valence-corrected chi connectivity index (χ2v) is 9.57. The van der Waals surface area contributed by atoms with Gasteiger partial charge in [0.2, 0.25) is 0 Å². The van der Waals surface area contributed by atoms with Crippen LogP contribution in [0.5, 0.6) is 0 Å². The fourth-order valence-corrected chi connectivity index (χ4v) is 4.18. The molecule has 2 aromatic rings. The first-order chi connectivity index (χ1) is 14.0. The van der Waals surface area contributed by atoms with Crippen molar-refractivity contribution in [3.8, 4) is 0 Å². The highest BCUT2D eigenvalue weighted by Crippen LogP contribution is 2.30. The van der Waals surface area contributed by atoms with E-state index in [0.717, 1.165) is 24.0 Å². The third-order valence-corrected chi connectivity index (χ3v) is 5.60. The lowest BCUT2D eigenvalue weighted by Gasteiger charge is -2.40. The molecule has 1 N–H and O–H groups in total. The van der Waals surface area contributed by atoms with E-state index in [1.54, 1.807) is 18.2 Å². The molecule has 1 atom stereocenters. The highest BCUT2D eigenvalue weighted by atomic mass is 35.5. The van der Waals surface area contributed by atoms with Crippen LogP contribution in [0.4, 0.5) is 0 Å². The van der Waals surface area contributed by atoms with Crippen LogP contribution in [0, 0.1) is 19.3 Å². The van der Waals surface area contributed by atoms with Crippen LogP contribution in [-0.4, -0.2) is 22.9 Å². The predicted octanol–water partition coefficient (Wildman–Crippen LogP) is 6.61. The van der Waals surface area contributed by atoms with Gasteiger partial charge in [-0.2, -0.15) is 0 Å². The van der Waals surface area contributed by atoms with Gasteiger partial charge in [0.25, 0.3) is 11.8 Å². The van der Waals surface area contributed by atoms with Gasteiger partial charge in [0.05, 0.1) is 21.7 Å². The van der Waals surface area contributed by atoms with Crippen molar-refractivity contribution >= 4 is 35.0 Å². The zero-order valence-electron chi connectivity index (χ0n) is 18.5. The van der Waals surface area contributed by atoms with Gasteiger partial charge in [-0.3, -0.25) is 15.0 Å². The third kappa shape index (κ3) is 5.77. The van der Waals surface area contributed by atoms with Gasteiger partial charge in [-0.05, 0) is 49.9 Å². The smallest absolute Gasteiger partial charge is 0.267 e. The molecule has 4 nitrogen and oxygen atoms in total. The van der Waals surface area contributed by atoms with Crippen LogP contribution in [0.25, 0.3) is 0 Å². The van der Waals surface area contributed by atoms with E-state index in [1.165, 1.54) is 5.01 Å². The molecule has 1 unspecified atom stereocenters. The second-order valence-electron chi connectivity index (χ2n) is 8.76. The van der Waals surface area contributed by atoms with Gasteiger partial charge in [0.1, 0.15) is 0 Å². The van der Waals surface area contributed by atoms with Crippen molar-refractivity contribution in [3.05, 3.63) is 68.7 Å². The second kappa shape index (κ2) is 9.84. The molecular formula is C24H30Cl2N2O2. The minimum absolute atomic E-state index is 0.156. The van der Waals surface area contributed by atoms with Crippen LogP contribution in [0.1, 0.15) is 72.4 Å². The highest BCUT2D eigenvalue weighted by Gasteiger charge is 2.35. The Morgan fingerprint density at radius 1 is 1.03 bits per heavy atom. The zero-order valence-corrected chi connectivity index (χ0v) is 20.0. The normalized spacial score (nSPS) is 12.4. The Kier molecular flexibility index (Phi) is 7.95. The Balaban J connectivity index is 2.52. The van der Waals surface area contributed by atoms with Gasteiger partial charge in [0, 0.05) is 5.56 Å². The number of amides is 2. The third-order valence-electron chi connectivity index (χ3n) is 4.97. The predicted molar refractivity (Wildman–Crippen MR) is 124 cm³/mol. The van der Waals surface area contributed by atoms with Crippen molar-refractivity contribution in [2.24, 2.45) is 5.41 Å². The van der Waals surface area contributed by atoms with Gasteiger partial charge in [0.15, 0.2) is 0 Å². The molecule has 0 aliphatic carbocycles. The first-order valence-electron chi connectivity index (χ1n) is 10.1. The van der Waals surface area contributed by atoms with Crippen molar-refractivity contribution in [3.63, 3.8) is 0 Å². The maximum atomic E-state index is 13.6. The standard InChI is InChI=1S/C24H30Cl2N2O2/c1-7-9-20(24(4,5)6)28(23(30)17-13-15(2)12-16(3)14-17)27-22(29)21-18(25)10-8-11-19(21)26/h8,10-14,20H,7,9H2,1-6H3,(H,27,29). The molecule has 2 rings (SSSR count). The molecule has 0 aliphatic rings. The molecule has 0 bridgehead atoms. The largest absolute Gasteiger partial charge is 0.272 e. The van der Waals surface area contributed by atoms with Gasteiger partial charge < -0.3 is 0 Å². The summed E-state index contributed by atoms with van der Waals surface area (Å²) in [5.74, 6) is -0.764. The van der Waals surface area contributed by atoms with E-state index >= 15 is 0 Å². The van der Waals surface area contributed by atoms with E-state index in [4.69, 9.17) is 23.2 Å². The number of hydrazine groups is 1. The number of nitrogens with one attached hydrogen (secondary N) is 1. The molecule has 0 saturated heterocycles. The molecule has 162 valence electrons. The summed E-state index contributed by atoms with van der Waals surface area (Å²) in [4.78, 5) is 26.7. The average Bonchev–Trinajstić information content (AvgIpc) is 2.62. The number of carbonyl (C=O) groups is 2. The molecule has 30 heavy (non-hydrogen) atoms. The van der Waals surface area contributed by atoms with E-state index in [-0.39, 0.29) is 33.0 Å². The number of benzene rings is 2. The lowest BCUT2D eigenvalue weighted by Crippen LogP contribution is -2.56. The Bertz CT molecular complexity index is 895.